The van der Waals surface area contributed by atoms with Crippen LogP contribution in [0.15, 0.2) is 60.7 Å². The van der Waals surface area contributed by atoms with Crippen LogP contribution in [-0.2, 0) is 26.2 Å². The molecule has 0 amide bonds. The van der Waals surface area contributed by atoms with E-state index < -0.39 is 0 Å². The summed E-state index contributed by atoms with van der Waals surface area (Å²) in [4.78, 5) is 2.53. The van der Waals surface area contributed by atoms with E-state index >= 15 is 0 Å². The summed E-state index contributed by atoms with van der Waals surface area (Å²) in [6.07, 6.45) is 8.06. The van der Waals surface area contributed by atoms with Crippen LogP contribution in [0.4, 0.5) is 5.82 Å². The van der Waals surface area contributed by atoms with Crippen molar-refractivity contribution in [3.63, 3.8) is 0 Å². The van der Waals surface area contributed by atoms with Crippen LogP contribution in [0.5, 0.6) is 0 Å². The molecule has 3 aromatic rings. The smallest absolute Gasteiger partial charge is 0.148 e. The predicted molar refractivity (Wildman–Crippen MR) is 127 cm³/mol. The molecule has 1 aromatic heterocycles. The van der Waals surface area contributed by atoms with Crippen LogP contribution in [0.25, 0.3) is 0 Å². The van der Waals surface area contributed by atoms with Crippen molar-refractivity contribution in [1.29, 1.82) is 0 Å². The van der Waals surface area contributed by atoms with Gasteiger partial charge in [-0.25, -0.2) is 0 Å². The summed E-state index contributed by atoms with van der Waals surface area (Å²) in [5.41, 5.74) is 5.54. The van der Waals surface area contributed by atoms with Gasteiger partial charge in [0.25, 0.3) is 0 Å². The van der Waals surface area contributed by atoms with Crippen LogP contribution < -0.4 is 5.32 Å². The molecule has 4 nitrogen and oxygen atoms in total. The second-order valence-electron chi connectivity index (χ2n) is 9.22. The lowest BCUT2D eigenvalue weighted by molar-refractivity contribution is 0.261. The second kappa shape index (κ2) is 9.69. The minimum Gasteiger partial charge on any atom is -0.365 e. The summed E-state index contributed by atoms with van der Waals surface area (Å²) in [6.45, 7) is 4.91. The Kier molecular flexibility index (Phi) is 6.35. The number of aryl methyl sites for hydroxylation is 1. The van der Waals surface area contributed by atoms with Gasteiger partial charge in [-0.1, -0.05) is 73.9 Å². The average Bonchev–Trinajstić information content (AvgIpc) is 3.11. The van der Waals surface area contributed by atoms with Crippen LogP contribution in [0.2, 0.25) is 0 Å². The highest BCUT2D eigenvalue weighted by atomic mass is 15.3. The molecule has 162 valence electrons. The third kappa shape index (κ3) is 5.19. The number of aromatic nitrogens is 2. The van der Waals surface area contributed by atoms with Gasteiger partial charge in [-0.15, -0.1) is 0 Å². The van der Waals surface area contributed by atoms with Gasteiger partial charge < -0.3 is 5.32 Å². The van der Waals surface area contributed by atoms with Gasteiger partial charge in [0.2, 0.25) is 0 Å². The minimum atomic E-state index is 0.776. The molecule has 2 aliphatic rings. The first-order valence-electron chi connectivity index (χ1n) is 12.0. The lowest BCUT2D eigenvalue weighted by Crippen LogP contribution is -2.22. The number of hydrogen-bond donors (Lipinski definition) is 1. The van der Waals surface area contributed by atoms with Gasteiger partial charge >= 0.3 is 0 Å². The summed E-state index contributed by atoms with van der Waals surface area (Å²) in [7, 11) is 0. The van der Waals surface area contributed by atoms with Crippen molar-refractivity contribution in [2.24, 2.45) is 0 Å². The summed E-state index contributed by atoms with van der Waals surface area (Å²) in [5, 5.41) is 8.39. The Morgan fingerprint density at radius 3 is 2.45 bits per heavy atom. The number of hydrogen-bond acceptors (Lipinski definition) is 3. The third-order valence-corrected chi connectivity index (χ3v) is 6.87. The van der Waals surface area contributed by atoms with Gasteiger partial charge in [-0.05, 0) is 41.9 Å². The van der Waals surface area contributed by atoms with Crippen LogP contribution in [0.3, 0.4) is 0 Å². The fraction of sp³-hybridized carbons (Fsp3) is 0.444. The van der Waals surface area contributed by atoms with Crippen LogP contribution in [0, 0.1) is 0 Å². The Balaban J connectivity index is 1.18. The van der Waals surface area contributed by atoms with Crippen molar-refractivity contribution in [1.82, 2.24) is 14.7 Å². The van der Waals surface area contributed by atoms with E-state index in [0.717, 1.165) is 50.9 Å². The summed E-state index contributed by atoms with van der Waals surface area (Å²) < 4.78 is 2.19. The third-order valence-electron chi connectivity index (χ3n) is 6.87. The molecule has 31 heavy (non-hydrogen) atoms. The van der Waals surface area contributed by atoms with Crippen molar-refractivity contribution < 1.29 is 0 Å². The predicted octanol–water partition coefficient (Wildman–Crippen LogP) is 5.95. The van der Waals surface area contributed by atoms with Gasteiger partial charge in [0.05, 0.1) is 5.69 Å². The standard InChI is InChI=1S/C27H34N4/c1-3-8-23(9-4-1)20-30-16-7-17-31-26(21-30)18-27(29-31)28-19-22-12-14-25(15-13-22)24-10-5-2-6-11-24/h1,3-4,8-9,12-15,18,24H,2,5-7,10-11,16-17,19-21H2,(H,28,29). The zero-order valence-electron chi connectivity index (χ0n) is 18.5. The highest BCUT2D eigenvalue weighted by Gasteiger charge is 2.17. The van der Waals surface area contributed by atoms with Gasteiger partial charge in [0, 0.05) is 38.8 Å². The molecule has 1 saturated carbocycles. The number of rotatable bonds is 6. The van der Waals surface area contributed by atoms with Crippen molar-refractivity contribution >= 4 is 5.82 Å². The zero-order chi connectivity index (χ0) is 20.9. The maximum Gasteiger partial charge on any atom is 0.148 e. The molecule has 0 atom stereocenters. The molecule has 0 saturated heterocycles. The lowest BCUT2D eigenvalue weighted by Gasteiger charge is -2.22. The molecule has 0 unspecified atom stereocenters. The molecule has 0 spiro atoms. The monoisotopic (exact) mass is 414 g/mol. The average molecular weight is 415 g/mol. The zero-order valence-corrected chi connectivity index (χ0v) is 18.5. The van der Waals surface area contributed by atoms with Crippen molar-refractivity contribution in [2.45, 2.75) is 70.6 Å². The number of nitrogens with zero attached hydrogens (tertiary/aromatic N) is 3. The largest absolute Gasteiger partial charge is 0.365 e. The molecule has 2 aromatic carbocycles. The lowest BCUT2D eigenvalue weighted by atomic mass is 9.84. The Hall–Kier alpha value is -2.59. The van der Waals surface area contributed by atoms with E-state index in [-0.39, 0.29) is 0 Å². The maximum absolute atomic E-state index is 4.84. The molecular formula is C27H34N4. The number of benzene rings is 2. The molecule has 1 fully saturated rings. The fourth-order valence-electron chi connectivity index (χ4n) is 5.13. The molecule has 1 aliphatic carbocycles. The Morgan fingerprint density at radius 1 is 0.839 bits per heavy atom. The number of fused-ring (bicyclic) bond motifs is 1. The first-order chi connectivity index (χ1) is 15.3. The molecule has 1 N–H and O–H groups in total. The van der Waals surface area contributed by atoms with Crippen molar-refractivity contribution in [3.05, 3.63) is 83.0 Å². The summed E-state index contributed by atoms with van der Waals surface area (Å²) >= 11 is 0. The molecule has 4 heteroatoms. The quantitative estimate of drug-likeness (QED) is 0.541. The molecular weight excluding hydrogens is 380 g/mol. The Labute approximate surface area is 186 Å². The molecule has 5 rings (SSSR count). The summed E-state index contributed by atoms with van der Waals surface area (Å²) in [5.74, 6) is 1.77. The first-order valence-corrected chi connectivity index (χ1v) is 12.0. The Morgan fingerprint density at radius 2 is 1.65 bits per heavy atom. The molecule has 2 heterocycles. The van der Waals surface area contributed by atoms with Crippen molar-refractivity contribution in [2.75, 3.05) is 11.9 Å². The van der Waals surface area contributed by atoms with E-state index in [1.165, 1.54) is 54.5 Å². The van der Waals surface area contributed by atoms with E-state index in [9.17, 15) is 0 Å². The van der Waals surface area contributed by atoms with E-state index in [1.807, 2.05) is 0 Å². The Bertz CT molecular complexity index is 955. The molecule has 0 radical (unpaired) electrons. The second-order valence-corrected chi connectivity index (χ2v) is 9.22. The minimum absolute atomic E-state index is 0.776. The normalized spacial score (nSPS) is 17.8. The molecule has 0 bridgehead atoms. The van der Waals surface area contributed by atoms with E-state index in [1.54, 1.807) is 0 Å². The highest BCUT2D eigenvalue weighted by molar-refractivity contribution is 5.38. The van der Waals surface area contributed by atoms with E-state index in [2.05, 4.69) is 75.6 Å². The first kappa shape index (κ1) is 20.3. The van der Waals surface area contributed by atoms with Gasteiger partial charge in [0.15, 0.2) is 0 Å². The fourth-order valence-corrected chi connectivity index (χ4v) is 5.13. The van der Waals surface area contributed by atoms with Crippen LogP contribution >= 0.6 is 0 Å². The van der Waals surface area contributed by atoms with E-state index in [0.29, 0.717) is 0 Å². The number of anilines is 1. The van der Waals surface area contributed by atoms with Crippen LogP contribution in [-0.4, -0.2) is 21.2 Å². The molecule has 1 aliphatic heterocycles. The van der Waals surface area contributed by atoms with Gasteiger partial charge in [-0.2, -0.15) is 5.10 Å². The van der Waals surface area contributed by atoms with Crippen LogP contribution in [0.1, 0.15) is 66.8 Å². The van der Waals surface area contributed by atoms with E-state index in [4.69, 9.17) is 5.10 Å². The van der Waals surface area contributed by atoms with Gasteiger partial charge in [-0.3, -0.25) is 9.58 Å². The van der Waals surface area contributed by atoms with Crippen molar-refractivity contribution in [3.8, 4) is 0 Å². The van der Waals surface area contributed by atoms with Gasteiger partial charge in [0.1, 0.15) is 5.82 Å². The highest BCUT2D eigenvalue weighted by Crippen LogP contribution is 2.32. The SMILES string of the molecule is c1ccc(CN2CCCn3nc(NCc4ccc(C5CCCCC5)cc4)cc3C2)cc1. The topological polar surface area (TPSA) is 33.1 Å². The summed E-state index contributed by atoms with van der Waals surface area (Å²) in [6, 6.07) is 22.3. The number of nitrogens with one attached hydrogen (secondary N) is 1. The maximum atomic E-state index is 4.84.